The van der Waals surface area contributed by atoms with E-state index in [2.05, 4.69) is 20.5 Å². The quantitative estimate of drug-likeness (QED) is 0.805. The number of nitrogens with two attached hydrogens (primary N) is 1. The number of rotatable bonds is 3. The molecule has 6 nitrogen and oxygen atoms in total. The Kier molecular flexibility index (Phi) is 3.06. The molecule has 2 heterocycles. The Balaban J connectivity index is 1.95. The molecule has 2 aromatic heterocycles. The molecular weight excluding hydrogens is 226 g/mol. The van der Waals surface area contributed by atoms with Gasteiger partial charge in [0.1, 0.15) is 5.82 Å². The topological polar surface area (TPSA) is 93.8 Å². The molecule has 0 unspecified atom stereocenters. The first kappa shape index (κ1) is 10.5. The Hall–Kier alpha value is -2.02. The molecule has 0 radical (unpaired) electrons. The van der Waals surface area contributed by atoms with Gasteiger partial charge in [-0.05, 0) is 12.1 Å². The fraction of sp³-hybridized carbons (Fsp3) is 0.111. The normalized spacial score (nSPS) is 10.0. The van der Waals surface area contributed by atoms with Crippen LogP contribution in [0.15, 0.2) is 23.8 Å². The van der Waals surface area contributed by atoms with E-state index >= 15 is 0 Å². The highest BCUT2D eigenvalue weighted by Crippen LogP contribution is 2.05. The van der Waals surface area contributed by atoms with Crippen LogP contribution in [0.1, 0.15) is 15.4 Å². The first-order valence-electron chi connectivity index (χ1n) is 4.50. The van der Waals surface area contributed by atoms with Crippen molar-refractivity contribution in [2.45, 2.75) is 6.54 Å². The third-order valence-corrected chi connectivity index (χ3v) is 2.60. The van der Waals surface area contributed by atoms with E-state index in [0.29, 0.717) is 12.4 Å². The zero-order valence-corrected chi connectivity index (χ0v) is 9.07. The van der Waals surface area contributed by atoms with E-state index in [1.165, 1.54) is 23.5 Å². The molecule has 0 aliphatic rings. The smallest absolute Gasteiger partial charge is 0.272 e. The summed E-state index contributed by atoms with van der Waals surface area (Å²) in [5, 5.41) is 9.99. The third kappa shape index (κ3) is 2.51. The van der Waals surface area contributed by atoms with Gasteiger partial charge >= 0.3 is 0 Å². The zero-order valence-electron chi connectivity index (χ0n) is 8.25. The Morgan fingerprint density at radius 2 is 2.31 bits per heavy atom. The molecule has 0 atom stereocenters. The minimum absolute atomic E-state index is 0.249. The molecule has 0 aliphatic carbocycles. The predicted octanol–water partition coefficient (Wildman–Crippen LogP) is 0.445. The standard InChI is InChI=1S/C9H9N5OS/c10-8-2-1-7(13-14-8)9(15)12-4-6-3-11-5-16-6/h1-3,5H,4H2,(H2,10,14)(H,12,15). The number of nitrogens with one attached hydrogen (secondary N) is 1. The van der Waals surface area contributed by atoms with Gasteiger partial charge in [0, 0.05) is 11.1 Å². The van der Waals surface area contributed by atoms with Crippen LogP contribution >= 0.6 is 11.3 Å². The van der Waals surface area contributed by atoms with E-state index in [1.807, 2.05) is 0 Å². The van der Waals surface area contributed by atoms with Gasteiger partial charge in [-0.3, -0.25) is 9.78 Å². The van der Waals surface area contributed by atoms with Crippen LogP contribution in [0.4, 0.5) is 5.82 Å². The maximum Gasteiger partial charge on any atom is 0.272 e. The monoisotopic (exact) mass is 235 g/mol. The molecule has 0 fully saturated rings. The summed E-state index contributed by atoms with van der Waals surface area (Å²) in [4.78, 5) is 16.5. The summed E-state index contributed by atoms with van der Waals surface area (Å²) in [6.45, 7) is 0.440. The van der Waals surface area contributed by atoms with Gasteiger partial charge in [0.2, 0.25) is 0 Å². The van der Waals surface area contributed by atoms with E-state index in [9.17, 15) is 4.79 Å². The fourth-order valence-corrected chi connectivity index (χ4v) is 1.59. The number of hydrogen-bond acceptors (Lipinski definition) is 6. The summed E-state index contributed by atoms with van der Waals surface area (Å²) in [5.74, 6) is 0.0138. The lowest BCUT2D eigenvalue weighted by atomic mass is 10.3. The number of thiazole rings is 1. The van der Waals surface area contributed by atoms with Crippen LogP contribution in [0.5, 0.6) is 0 Å². The summed E-state index contributed by atoms with van der Waals surface area (Å²) >= 11 is 1.48. The average Bonchev–Trinajstić information content (AvgIpc) is 2.80. The number of aromatic nitrogens is 3. The first-order chi connectivity index (χ1) is 7.75. The molecule has 1 amide bonds. The van der Waals surface area contributed by atoms with Crippen molar-refractivity contribution < 1.29 is 4.79 Å². The molecule has 0 bridgehead atoms. The van der Waals surface area contributed by atoms with Crippen molar-refractivity contribution in [3.8, 4) is 0 Å². The van der Waals surface area contributed by atoms with Crippen molar-refractivity contribution in [2.24, 2.45) is 0 Å². The van der Waals surface area contributed by atoms with Crippen molar-refractivity contribution >= 4 is 23.1 Å². The van der Waals surface area contributed by atoms with Crippen LogP contribution in [-0.4, -0.2) is 21.1 Å². The molecule has 0 saturated heterocycles. The lowest BCUT2D eigenvalue weighted by Gasteiger charge is -2.01. The van der Waals surface area contributed by atoms with Crippen molar-refractivity contribution in [3.63, 3.8) is 0 Å². The predicted molar refractivity (Wildman–Crippen MR) is 59.7 cm³/mol. The molecule has 0 aromatic carbocycles. The average molecular weight is 235 g/mol. The second-order valence-electron chi connectivity index (χ2n) is 2.99. The summed E-state index contributed by atoms with van der Waals surface area (Å²) in [7, 11) is 0. The molecule has 82 valence electrons. The largest absolute Gasteiger partial charge is 0.382 e. The highest BCUT2D eigenvalue weighted by atomic mass is 32.1. The Labute approximate surface area is 95.5 Å². The zero-order chi connectivity index (χ0) is 11.4. The van der Waals surface area contributed by atoms with Gasteiger partial charge < -0.3 is 11.1 Å². The van der Waals surface area contributed by atoms with Gasteiger partial charge in [0.05, 0.1) is 12.1 Å². The minimum atomic E-state index is -0.277. The van der Waals surface area contributed by atoms with Gasteiger partial charge in [-0.1, -0.05) is 0 Å². The van der Waals surface area contributed by atoms with E-state index < -0.39 is 0 Å². The highest BCUT2D eigenvalue weighted by Gasteiger charge is 2.07. The van der Waals surface area contributed by atoms with Crippen molar-refractivity contribution in [2.75, 3.05) is 5.73 Å². The maximum atomic E-state index is 11.6. The molecule has 0 aliphatic heterocycles. The number of amides is 1. The number of anilines is 1. The van der Waals surface area contributed by atoms with E-state index in [1.54, 1.807) is 11.7 Å². The molecule has 2 rings (SSSR count). The fourth-order valence-electron chi connectivity index (χ4n) is 1.05. The first-order valence-corrected chi connectivity index (χ1v) is 5.38. The molecule has 0 spiro atoms. The number of nitrogen functional groups attached to an aromatic ring is 1. The van der Waals surface area contributed by atoms with Gasteiger partial charge in [0.15, 0.2) is 5.69 Å². The SMILES string of the molecule is Nc1ccc(C(=O)NCc2cncs2)nn1. The van der Waals surface area contributed by atoms with E-state index in [4.69, 9.17) is 5.73 Å². The highest BCUT2D eigenvalue weighted by molar-refractivity contribution is 7.09. The second kappa shape index (κ2) is 4.67. The Morgan fingerprint density at radius 1 is 1.44 bits per heavy atom. The van der Waals surface area contributed by atoms with Gasteiger partial charge in [0.25, 0.3) is 5.91 Å². The van der Waals surface area contributed by atoms with Crippen LogP contribution in [-0.2, 0) is 6.54 Å². The Bertz CT molecular complexity index is 467. The van der Waals surface area contributed by atoms with E-state index in [-0.39, 0.29) is 11.6 Å². The van der Waals surface area contributed by atoms with Crippen molar-refractivity contribution in [3.05, 3.63) is 34.4 Å². The van der Waals surface area contributed by atoms with Crippen LogP contribution < -0.4 is 11.1 Å². The third-order valence-electron chi connectivity index (χ3n) is 1.82. The number of nitrogens with zero attached hydrogens (tertiary/aromatic N) is 3. The van der Waals surface area contributed by atoms with Crippen molar-refractivity contribution in [1.29, 1.82) is 0 Å². The summed E-state index contributed by atoms with van der Waals surface area (Å²) in [6.07, 6.45) is 1.71. The van der Waals surface area contributed by atoms with Gasteiger partial charge in [-0.15, -0.1) is 21.5 Å². The molecule has 0 saturated carbocycles. The summed E-state index contributed by atoms with van der Waals surface area (Å²) in [6, 6.07) is 3.07. The molecular formula is C9H9N5OS. The minimum Gasteiger partial charge on any atom is -0.382 e. The van der Waals surface area contributed by atoms with Gasteiger partial charge in [-0.25, -0.2) is 0 Å². The lowest BCUT2D eigenvalue weighted by molar-refractivity contribution is 0.0945. The molecule has 2 aromatic rings. The van der Waals surface area contributed by atoms with E-state index in [0.717, 1.165) is 4.88 Å². The number of hydrogen-bond donors (Lipinski definition) is 2. The van der Waals surface area contributed by atoms with Crippen LogP contribution in [0.2, 0.25) is 0 Å². The lowest BCUT2D eigenvalue weighted by Crippen LogP contribution is -2.23. The maximum absolute atomic E-state index is 11.6. The molecule has 3 N–H and O–H groups in total. The van der Waals surface area contributed by atoms with Gasteiger partial charge in [-0.2, -0.15) is 0 Å². The Morgan fingerprint density at radius 3 is 2.94 bits per heavy atom. The van der Waals surface area contributed by atoms with Crippen LogP contribution in [0.3, 0.4) is 0 Å². The van der Waals surface area contributed by atoms with Crippen LogP contribution in [0.25, 0.3) is 0 Å². The summed E-state index contributed by atoms with van der Waals surface area (Å²) in [5.41, 5.74) is 7.33. The number of carbonyl (C=O) groups excluding carboxylic acids is 1. The van der Waals surface area contributed by atoms with Crippen molar-refractivity contribution in [1.82, 2.24) is 20.5 Å². The second-order valence-corrected chi connectivity index (χ2v) is 3.96. The summed E-state index contributed by atoms with van der Waals surface area (Å²) < 4.78 is 0. The molecule has 7 heteroatoms. The van der Waals surface area contributed by atoms with Crippen LogP contribution in [0, 0.1) is 0 Å². The molecule has 16 heavy (non-hydrogen) atoms. The number of carbonyl (C=O) groups is 1.